The molecule has 8 heteroatoms. The Bertz CT molecular complexity index is 837. The molecule has 5 nitrogen and oxygen atoms in total. The number of alkyl halides is 3. The third-order valence-electron chi connectivity index (χ3n) is 4.09. The van der Waals surface area contributed by atoms with Crippen LogP contribution in [0.15, 0.2) is 48.5 Å². The highest BCUT2D eigenvalue weighted by Gasteiger charge is 2.35. The second-order valence-corrected chi connectivity index (χ2v) is 6.03. The second-order valence-electron chi connectivity index (χ2n) is 6.03. The van der Waals surface area contributed by atoms with Crippen molar-refractivity contribution in [3.05, 3.63) is 59.7 Å². The number of rotatable bonds is 7. The number of nitrogens with zero attached hydrogens (tertiary/aromatic N) is 1. The minimum absolute atomic E-state index is 0.256. The normalized spacial score (nSPS) is 11.0. The predicted octanol–water partition coefficient (Wildman–Crippen LogP) is 3.43. The fourth-order valence-corrected chi connectivity index (χ4v) is 2.76. The van der Waals surface area contributed by atoms with Crippen LogP contribution in [0.3, 0.4) is 0 Å². The van der Waals surface area contributed by atoms with Crippen molar-refractivity contribution in [1.82, 2.24) is 5.32 Å². The summed E-state index contributed by atoms with van der Waals surface area (Å²) in [5.41, 5.74) is -0.425. The zero-order valence-electron chi connectivity index (χ0n) is 15.5. The first-order valence-corrected chi connectivity index (χ1v) is 8.57. The number of ether oxygens (including phenoxy) is 1. The Morgan fingerprint density at radius 3 is 2.36 bits per heavy atom. The van der Waals surface area contributed by atoms with Gasteiger partial charge in [-0.05, 0) is 30.2 Å². The molecule has 0 aliphatic heterocycles. The van der Waals surface area contributed by atoms with Gasteiger partial charge < -0.3 is 15.0 Å². The lowest BCUT2D eigenvalue weighted by molar-refractivity contribution is -0.137. The van der Waals surface area contributed by atoms with Gasteiger partial charge in [0.05, 0.1) is 18.4 Å². The smallest absolute Gasteiger partial charge is 0.418 e. The zero-order chi connectivity index (χ0) is 20.7. The number of hydrogen-bond acceptors (Lipinski definition) is 3. The molecule has 1 N–H and O–H groups in total. The molecular weight excluding hydrogens is 373 g/mol. The molecule has 0 aliphatic rings. The Morgan fingerprint density at radius 2 is 1.71 bits per heavy atom. The van der Waals surface area contributed by atoms with Crippen LogP contribution >= 0.6 is 0 Å². The number of anilines is 1. The van der Waals surface area contributed by atoms with Crippen LogP contribution in [0.5, 0.6) is 5.75 Å². The lowest BCUT2D eigenvalue weighted by Crippen LogP contribution is -2.41. The molecule has 150 valence electrons. The van der Waals surface area contributed by atoms with Crippen LogP contribution in [-0.2, 0) is 22.2 Å². The van der Waals surface area contributed by atoms with Crippen molar-refractivity contribution < 1.29 is 27.5 Å². The maximum Gasteiger partial charge on any atom is 0.418 e. The minimum Gasteiger partial charge on any atom is -0.496 e. The quantitative estimate of drug-likeness (QED) is 0.783. The van der Waals surface area contributed by atoms with Gasteiger partial charge in [0.1, 0.15) is 12.3 Å². The Labute approximate surface area is 161 Å². The molecule has 0 unspecified atom stereocenters. The highest BCUT2D eigenvalue weighted by atomic mass is 19.4. The SMILES string of the molecule is COc1ccccc1CCNC(=O)CN(C(C)=O)c1ccccc1C(F)(F)F. The number of methoxy groups -OCH3 is 1. The summed E-state index contributed by atoms with van der Waals surface area (Å²) in [7, 11) is 1.54. The number of carbonyl (C=O) groups excluding carboxylic acids is 2. The van der Waals surface area contributed by atoms with Crippen LogP contribution in [0.2, 0.25) is 0 Å². The summed E-state index contributed by atoms with van der Waals surface area (Å²) < 4.78 is 44.9. The molecule has 0 fully saturated rings. The molecular formula is C20H21F3N2O3. The lowest BCUT2D eigenvalue weighted by atomic mass is 10.1. The molecule has 0 saturated heterocycles. The van der Waals surface area contributed by atoms with Crippen LogP contribution in [0.1, 0.15) is 18.1 Å². The van der Waals surface area contributed by atoms with Crippen molar-refractivity contribution in [2.24, 2.45) is 0 Å². The summed E-state index contributed by atoms with van der Waals surface area (Å²) in [6.07, 6.45) is -4.15. The molecule has 28 heavy (non-hydrogen) atoms. The van der Waals surface area contributed by atoms with Crippen LogP contribution in [0, 0.1) is 0 Å². The molecule has 2 aromatic rings. The van der Waals surface area contributed by atoms with Crippen molar-refractivity contribution in [3.63, 3.8) is 0 Å². The number of carbonyl (C=O) groups is 2. The Kier molecular flexibility index (Phi) is 7.03. The van der Waals surface area contributed by atoms with Gasteiger partial charge in [0.2, 0.25) is 11.8 Å². The molecule has 0 heterocycles. The molecule has 2 rings (SSSR count). The fourth-order valence-electron chi connectivity index (χ4n) is 2.76. The van der Waals surface area contributed by atoms with Crippen molar-refractivity contribution >= 4 is 17.5 Å². The first kappa shape index (κ1) is 21.3. The molecule has 0 bridgehead atoms. The fraction of sp³-hybridized carbons (Fsp3) is 0.300. The third kappa shape index (κ3) is 5.48. The maximum atomic E-state index is 13.2. The Balaban J connectivity index is 2.05. The van der Waals surface area contributed by atoms with E-state index in [4.69, 9.17) is 4.74 Å². The van der Waals surface area contributed by atoms with E-state index >= 15 is 0 Å². The summed E-state index contributed by atoms with van der Waals surface area (Å²) in [6.45, 7) is 0.871. The number of para-hydroxylation sites is 2. The summed E-state index contributed by atoms with van der Waals surface area (Å²) in [4.78, 5) is 24.9. The van der Waals surface area contributed by atoms with Crippen LogP contribution in [-0.4, -0.2) is 32.0 Å². The van der Waals surface area contributed by atoms with Gasteiger partial charge in [-0.1, -0.05) is 30.3 Å². The highest BCUT2D eigenvalue weighted by Crippen LogP contribution is 2.36. The van der Waals surface area contributed by atoms with Gasteiger partial charge >= 0.3 is 6.18 Å². The van der Waals surface area contributed by atoms with Crippen LogP contribution in [0.4, 0.5) is 18.9 Å². The maximum absolute atomic E-state index is 13.2. The molecule has 2 aromatic carbocycles. The topological polar surface area (TPSA) is 58.6 Å². The monoisotopic (exact) mass is 394 g/mol. The van der Waals surface area contributed by atoms with Gasteiger partial charge in [-0.3, -0.25) is 9.59 Å². The van der Waals surface area contributed by atoms with Crippen LogP contribution in [0.25, 0.3) is 0 Å². The van der Waals surface area contributed by atoms with Gasteiger partial charge in [0, 0.05) is 13.5 Å². The molecule has 0 spiro atoms. The van der Waals surface area contributed by atoms with E-state index in [1.165, 1.54) is 18.2 Å². The summed E-state index contributed by atoms with van der Waals surface area (Å²) in [6, 6.07) is 12.0. The standard InChI is InChI=1S/C20H21F3N2O3/c1-14(26)25(17-9-5-4-8-16(17)20(21,22)23)13-19(27)24-12-11-15-7-3-6-10-18(15)28-2/h3-10H,11-13H2,1-2H3,(H,24,27). The van der Waals surface area contributed by atoms with Crippen molar-refractivity contribution in [2.45, 2.75) is 19.5 Å². The number of benzene rings is 2. The predicted molar refractivity (Wildman–Crippen MR) is 99.2 cm³/mol. The van der Waals surface area contributed by atoms with Crippen molar-refractivity contribution in [2.75, 3.05) is 25.1 Å². The first-order valence-electron chi connectivity index (χ1n) is 8.57. The summed E-state index contributed by atoms with van der Waals surface area (Å²) in [5.74, 6) is -0.528. The van der Waals surface area contributed by atoms with E-state index in [0.29, 0.717) is 12.2 Å². The van der Waals surface area contributed by atoms with E-state index in [0.717, 1.165) is 23.5 Å². The van der Waals surface area contributed by atoms with Crippen molar-refractivity contribution in [3.8, 4) is 5.75 Å². The van der Waals surface area contributed by atoms with E-state index in [2.05, 4.69) is 5.32 Å². The summed E-state index contributed by atoms with van der Waals surface area (Å²) >= 11 is 0. The number of nitrogens with one attached hydrogen (secondary N) is 1. The van der Waals surface area contributed by atoms with Gasteiger partial charge in [-0.15, -0.1) is 0 Å². The number of hydrogen-bond donors (Lipinski definition) is 1. The third-order valence-corrected chi connectivity index (χ3v) is 4.09. The van der Waals surface area contributed by atoms with Crippen LogP contribution < -0.4 is 15.0 Å². The molecule has 0 radical (unpaired) electrons. The number of amides is 2. The van der Waals surface area contributed by atoms with E-state index in [1.807, 2.05) is 18.2 Å². The zero-order valence-corrected chi connectivity index (χ0v) is 15.5. The lowest BCUT2D eigenvalue weighted by Gasteiger charge is -2.24. The van der Waals surface area contributed by atoms with Gasteiger partial charge in [-0.25, -0.2) is 0 Å². The van der Waals surface area contributed by atoms with Gasteiger partial charge in [0.25, 0.3) is 0 Å². The Hall–Kier alpha value is -3.03. The average molecular weight is 394 g/mol. The molecule has 0 aromatic heterocycles. The average Bonchev–Trinajstić information content (AvgIpc) is 2.65. The number of halogens is 3. The minimum atomic E-state index is -4.63. The van der Waals surface area contributed by atoms with Gasteiger partial charge in [0.15, 0.2) is 0 Å². The highest BCUT2D eigenvalue weighted by molar-refractivity contribution is 5.98. The first-order chi connectivity index (χ1) is 13.2. The molecule has 0 aliphatic carbocycles. The molecule has 0 saturated carbocycles. The largest absolute Gasteiger partial charge is 0.496 e. The molecule has 0 atom stereocenters. The van der Waals surface area contributed by atoms with E-state index in [9.17, 15) is 22.8 Å². The van der Waals surface area contributed by atoms with E-state index in [1.54, 1.807) is 13.2 Å². The van der Waals surface area contributed by atoms with Crippen molar-refractivity contribution in [1.29, 1.82) is 0 Å². The molecule has 2 amide bonds. The van der Waals surface area contributed by atoms with E-state index < -0.39 is 30.1 Å². The second kappa shape index (κ2) is 9.25. The van der Waals surface area contributed by atoms with Gasteiger partial charge in [-0.2, -0.15) is 13.2 Å². The Morgan fingerprint density at radius 1 is 1.07 bits per heavy atom. The van der Waals surface area contributed by atoms with E-state index in [-0.39, 0.29) is 12.2 Å². The summed E-state index contributed by atoms with van der Waals surface area (Å²) in [5, 5.41) is 2.63.